The van der Waals surface area contributed by atoms with Crippen LogP contribution < -0.4 is 15.8 Å². The van der Waals surface area contributed by atoms with Gasteiger partial charge in [0.1, 0.15) is 5.75 Å². The summed E-state index contributed by atoms with van der Waals surface area (Å²) in [7, 11) is 3.75. The molecule has 0 spiro atoms. The van der Waals surface area contributed by atoms with Gasteiger partial charge in [-0.15, -0.1) is 0 Å². The smallest absolute Gasteiger partial charge is 0.271 e. The molecule has 6 nitrogen and oxygen atoms in total. The van der Waals surface area contributed by atoms with Crippen LogP contribution in [0.15, 0.2) is 18.2 Å². The Bertz CT molecular complexity index is 342. The maximum absolute atomic E-state index is 10.3. The predicted molar refractivity (Wildman–Crippen MR) is 63.7 cm³/mol. The molecule has 6 heteroatoms. The van der Waals surface area contributed by atoms with E-state index >= 15 is 0 Å². The summed E-state index contributed by atoms with van der Waals surface area (Å²) < 4.78 is 5.12. The molecule has 0 aliphatic rings. The van der Waals surface area contributed by atoms with Crippen molar-refractivity contribution in [3.8, 4) is 5.75 Å². The normalized spacial score (nSPS) is 8.94. The topological polar surface area (TPSA) is 90.4 Å². The summed E-state index contributed by atoms with van der Waals surface area (Å²) in [4.78, 5) is 9.84. The average Bonchev–Trinajstić information content (AvgIpc) is 2.22. The van der Waals surface area contributed by atoms with Crippen LogP contribution >= 0.6 is 0 Å². The average molecular weight is 227 g/mol. The number of non-ortho nitro benzene ring substituents is 1. The number of hydrogen-bond acceptors (Lipinski definition) is 5. The quantitative estimate of drug-likeness (QED) is 0.463. The highest BCUT2D eigenvalue weighted by Gasteiger charge is 2.08. The molecule has 0 bridgehead atoms. The zero-order chi connectivity index (χ0) is 12.6. The van der Waals surface area contributed by atoms with Gasteiger partial charge < -0.3 is 15.8 Å². The Kier molecular flexibility index (Phi) is 6.62. The minimum Gasteiger partial charge on any atom is -0.492 e. The Labute approximate surface area is 94.6 Å². The Hall–Kier alpha value is -1.82. The van der Waals surface area contributed by atoms with E-state index < -0.39 is 4.92 Å². The standard InChI is InChI=1S/C8H10N2O3.C2H7N/c1-2-13-8-4-3-6(10(11)12)5-7(8)9;1-3-2/h3-5H,2,9H2,1H3;3H,1-2H3. The number of nitro benzene ring substituents is 1. The molecule has 1 aromatic carbocycles. The maximum atomic E-state index is 10.3. The van der Waals surface area contributed by atoms with Crippen LogP contribution in [0.4, 0.5) is 11.4 Å². The van der Waals surface area contributed by atoms with Crippen molar-refractivity contribution in [3.05, 3.63) is 28.3 Å². The van der Waals surface area contributed by atoms with Crippen LogP contribution in [0, 0.1) is 10.1 Å². The largest absolute Gasteiger partial charge is 0.492 e. The van der Waals surface area contributed by atoms with Crippen LogP contribution in [0.25, 0.3) is 0 Å². The van der Waals surface area contributed by atoms with Gasteiger partial charge in [0.25, 0.3) is 5.69 Å². The van der Waals surface area contributed by atoms with E-state index in [1.165, 1.54) is 18.2 Å². The van der Waals surface area contributed by atoms with Gasteiger partial charge in [-0.25, -0.2) is 0 Å². The molecular formula is C10H17N3O3. The molecular weight excluding hydrogens is 210 g/mol. The van der Waals surface area contributed by atoms with Gasteiger partial charge in [0, 0.05) is 12.1 Å². The van der Waals surface area contributed by atoms with Crippen LogP contribution in [0.3, 0.4) is 0 Å². The van der Waals surface area contributed by atoms with Gasteiger partial charge in [-0.2, -0.15) is 0 Å². The second-order valence-electron chi connectivity index (χ2n) is 2.91. The van der Waals surface area contributed by atoms with Crippen molar-refractivity contribution in [2.45, 2.75) is 6.92 Å². The minimum absolute atomic E-state index is 0.0269. The van der Waals surface area contributed by atoms with Crippen molar-refractivity contribution in [1.29, 1.82) is 0 Å². The lowest BCUT2D eigenvalue weighted by Gasteiger charge is -2.05. The number of benzene rings is 1. The lowest BCUT2D eigenvalue weighted by atomic mass is 10.2. The number of nitrogens with one attached hydrogen (secondary N) is 1. The van der Waals surface area contributed by atoms with E-state index in [9.17, 15) is 10.1 Å². The Morgan fingerprint density at radius 3 is 2.44 bits per heavy atom. The first-order valence-corrected chi connectivity index (χ1v) is 4.82. The van der Waals surface area contributed by atoms with Crippen molar-refractivity contribution in [3.63, 3.8) is 0 Å². The van der Waals surface area contributed by atoms with E-state index in [4.69, 9.17) is 10.5 Å². The van der Waals surface area contributed by atoms with Gasteiger partial charge in [0.2, 0.25) is 0 Å². The van der Waals surface area contributed by atoms with Crippen molar-refractivity contribution in [1.82, 2.24) is 5.32 Å². The molecule has 0 unspecified atom stereocenters. The SMILES string of the molecule is CCOc1ccc([N+](=O)[O-])cc1N.CNC. The number of nitrogens with two attached hydrogens (primary N) is 1. The Morgan fingerprint density at radius 1 is 1.50 bits per heavy atom. The van der Waals surface area contributed by atoms with E-state index in [-0.39, 0.29) is 11.4 Å². The van der Waals surface area contributed by atoms with Crippen LogP contribution in [0.5, 0.6) is 5.75 Å². The number of nitro groups is 1. The summed E-state index contributed by atoms with van der Waals surface area (Å²) >= 11 is 0. The van der Waals surface area contributed by atoms with Crippen LogP contribution in [-0.4, -0.2) is 25.6 Å². The summed E-state index contributed by atoms with van der Waals surface area (Å²) in [6, 6.07) is 4.14. The van der Waals surface area contributed by atoms with Gasteiger partial charge in [-0.05, 0) is 27.1 Å². The summed E-state index contributed by atoms with van der Waals surface area (Å²) in [5.74, 6) is 0.480. The van der Waals surface area contributed by atoms with E-state index in [1.54, 1.807) is 0 Å². The van der Waals surface area contributed by atoms with Gasteiger partial charge in [-0.1, -0.05) is 0 Å². The van der Waals surface area contributed by atoms with E-state index in [0.717, 1.165) is 0 Å². The van der Waals surface area contributed by atoms with Gasteiger partial charge >= 0.3 is 0 Å². The van der Waals surface area contributed by atoms with Crippen LogP contribution in [0.2, 0.25) is 0 Å². The van der Waals surface area contributed by atoms with E-state index in [2.05, 4.69) is 5.32 Å². The third kappa shape index (κ3) is 4.61. The van der Waals surface area contributed by atoms with Crippen molar-refractivity contribution in [2.75, 3.05) is 26.4 Å². The monoisotopic (exact) mass is 227 g/mol. The molecule has 90 valence electrons. The zero-order valence-corrected chi connectivity index (χ0v) is 9.69. The fourth-order valence-electron chi connectivity index (χ4n) is 0.936. The highest BCUT2D eigenvalue weighted by Crippen LogP contribution is 2.25. The van der Waals surface area contributed by atoms with Gasteiger partial charge in [0.05, 0.1) is 17.2 Å². The fraction of sp³-hybridized carbons (Fsp3) is 0.400. The Morgan fingerprint density at radius 2 is 2.06 bits per heavy atom. The molecule has 0 amide bonds. The molecule has 3 N–H and O–H groups in total. The first-order chi connectivity index (χ1) is 7.56. The van der Waals surface area contributed by atoms with Crippen LogP contribution in [-0.2, 0) is 0 Å². The minimum atomic E-state index is -0.494. The number of anilines is 1. The first-order valence-electron chi connectivity index (χ1n) is 4.82. The summed E-state index contributed by atoms with van der Waals surface area (Å²) in [5.41, 5.74) is 5.78. The molecule has 0 aliphatic carbocycles. The van der Waals surface area contributed by atoms with E-state index in [0.29, 0.717) is 12.4 Å². The molecule has 0 heterocycles. The van der Waals surface area contributed by atoms with Crippen molar-refractivity contribution < 1.29 is 9.66 Å². The highest BCUT2D eigenvalue weighted by molar-refractivity contribution is 5.58. The third-order valence-electron chi connectivity index (χ3n) is 1.50. The maximum Gasteiger partial charge on any atom is 0.271 e. The molecule has 0 aliphatic heterocycles. The number of nitrogen functional groups attached to an aromatic ring is 1. The lowest BCUT2D eigenvalue weighted by Crippen LogP contribution is -1.97. The second-order valence-corrected chi connectivity index (χ2v) is 2.91. The lowest BCUT2D eigenvalue weighted by molar-refractivity contribution is -0.384. The molecule has 0 atom stereocenters. The van der Waals surface area contributed by atoms with E-state index in [1.807, 2.05) is 21.0 Å². The van der Waals surface area contributed by atoms with Crippen molar-refractivity contribution >= 4 is 11.4 Å². The second kappa shape index (κ2) is 7.47. The van der Waals surface area contributed by atoms with Crippen molar-refractivity contribution in [2.24, 2.45) is 0 Å². The third-order valence-corrected chi connectivity index (χ3v) is 1.50. The van der Waals surface area contributed by atoms with Crippen LogP contribution in [0.1, 0.15) is 6.92 Å². The molecule has 0 fully saturated rings. The van der Waals surface area contributed by atoms with Gasteiger partial charge in [0.15, 0.2) is 0 Å². The molecule has 1 aromatic rings. The number of nitrogens with zero attached hydrogens (tertiary/aromatic N) is 1. The first kappa shape index (κ1) is 14.2. The number of hydrogen-bond donors (Lipinski definition) is 2. The number of rotatable bonds is 3. The molecule has 0 aromatic heterocycles. The molecule has 0 radical (unpaired) electrons. The Balaban J connectivity index is 0.000000673. The zero-order valence-electron chi connectivity index (χ0n) is 9.69. The summed E-state index contributed by atoms with van der Waals surface area (Å²) in [5, 5.41) is 13.1. The summed E-state index contributed by atoms with van der Waals surface area (Å²) in [6.07, 6.45) is 0. The fourth-order valence-corrected chi connectivity index (χ4v) is 0.936. The molecule has 16 heavy (non-hydrogen) atoms. The number of ether oxygens (including phenoxy) is 1. The molecule has 0 saturated heterocycles. The predicted octanol–water partition coefficient (Wildman–Crippen LogP) is 1.41. The van der Waals surface area contributed by atoms with Gasteiger partial charge in [-0.3, -0.25) is 10.1 Å². The molecule has 0 saturated carbocycles. The summed E-state index contributed by atoms with van der Waals surface area (Å²) in [6.45, 7) is 2.31. The highest BCUT2D eigenvalue weighted by atomic mass is 16.6. The molecule has 1 rings (SSSR count).